The highest BCUT2D eigenvalue weighted by Crippen LogP contribution is 2.23. The van der Waals surface area contributed by atoms with Crippen molar-refractivity contribution in [1.82, 2.24) is 4.98 Å². The summed E-state index contributed by atoms with van der Waals surface area (Å²) in [5.74, 6) is -2.98. The first-order valence-corrected chi connectivity index (χ1v) is 4.69. The minimum atomic E-state index is -1.25. The molecule has 0 radical (unpaired) electrons. The molecule has 2 rings (SSSR count). The molecule has 17 heavy (non-hydrogen) atoms. The van der Waals surface area contributed by atoms with E-state index in [1.54, 1.807) is 0 Å². The Bertz CT molecular complexity index is 540. The highest BCUT2D eigenvalue weighted by atomic mass is 19.2. The van der Waals surface area contributed by atoms with Crippen LogP contribution < -0.4 is 11.1 Å². The average Bonchev–Trinajstić information content (AvgIpc) is 2.28. The average molecular weight is 239 g/mol. The molecule has 0 saturated carbocycles. The first-order valence-electron chi connectivity index (χ1n) is 4.69. The van der Waals surface area contributed by atoms with Gasteiger partial charge in [0.05, 0.1) is 17.6 Å². The minimum absolute atomic E-state index is 0.293. The second-order valence-electron chi connectivity index (χ2n) is 3.35. The van der Waals surface area contributed by atoms with Crippen molar-refractivity contribution in [3.63, 3.8) is 0 Å². The topological polar surface area (TPSA) is 50.9 Å². The summed E-state index contributed by atoms with van der Waals surface area (Å²) in [5.41, 5.74) is 5.45. The van der Waals surface area contributed by atoms with Gasteiger partial charge in [-0.05, 0) is 12.1 Å². The van der Waals surface area contributed by atoms with Gasteiger partial charge in [-0.15, -0.1) is 0 Å². The molecule has 3 nitrogen and oxygen atoms in total. The number of rotatable bonds is 2. The second kappa shape index (κ2) is 4.32. The number of nitrogen functional groups attached to an aromatic ring is 1. The van der Waals surface area contributed by atoms with Crippen LogP contribution in [0.3, 0.4) is 0 Å². The van der Waals surface area contributed by atoms with E-state index in [1.807, 2.05) is 0 Å². The van der Waals surface area contributed by atoms with Crippen molar-refractivity contribution in [3.05, 3.63) is 47.9 Å². The summed E-state index contributed by atoms with van der Waals surface area (Å²) < 4.78 is 39.1. The van der Waals surface area contributed by atoms with Crippen LogP contribution in [0.15, 0.2) is 30.5 Å². The summed E-state index contributed by atoms with van der Waals surface area (Å²) in [6.45, 7) is 0. The Kier molecular flexibility index (Phi) is 2.86. The minimum Gasteiger partial charge on any atom is -0.384 e. The van der Waals surface area contributed by atoms with Gasteiger partial charge in [-0.2, -0.15) is 0 Å². The van der Waals surface area contributed by atoms with Crippen LogP contribution in [0.25, 0.3) is 0 Å². The molecule has 0 spiro atoms. The molecule has 0 aliphatic rings. The fourth-order valence-electron chi connectivity index (χ4n) is 1.28. The number of halogens is 3. The van der Waals surface area contributed by atoms with Gasteiger partial charge in [-0.25, -0.2) is 18.2 Å². The smallest absolute Gasteiger partial charge is 0.182 e. The van der Waals surface area contributed by atoms with Crippen molar-refractivity contribution >= 4 is 17.2 Å². The molecule has 0 aliphatic heterocycles. The van der Waals surface area contributed by atoms with Gasteiger partial charge < -0.3 is 11.1 Å². The van der Waals surface area contributed by atoms with Crippen LogP contribution in [0.4, 0.5) is 30.4 Å². The molecule has 0 aliphatic carbocycles. The molecule has 6 heteroatoms. The van der Waals surface area contributed by atoms with Gasteiger partial charge in [0, 0.05) is 12.1 Å². The maximum atomic E-state index is 13.3. The number of nitrogens with one attached hydrogen (secondary N) is 1. The number of benzene rings is 1. The van der Waals surface area contributed by atoms with Crippen molar-refractivity contribution in [3.8, 4) is 0 Å². The lowest BCUT2D eigenvalue weighted by molar-refractivity contribution is 0.498. The molecule has 3 N–H and O–H groups in total. The first kappa shape index (κ1) is 11.3. The zero-order valence-electron chi connectivity index (χ0n) is 8.55. The van der Waals surface area contributed by atoms with E-state index < -0.39 is 17.5 Å². The van der Waals surface area contributed by atoms with Crippen LogP contribution in [-0.4, -0.2) is 4.98 Å². The van der Waals surface area contributed by atoms with E-state index in [0.717, 1.165) is 6.07 Å². The molecular weight excluding hydrogens is 231 g/mol. The molecule has 2 aromatic rings. The van der Waals surface area contributed by atoms with Crippen molar-refractivity contribution in [2.75, 3.05) is 11.1 Å². The number of hydrogen-bond donors (Lipinski definition) is 2. The van der Waals surface area contributed by atoms with Crippen LogP contribution >= 0.6 is 0 Å². The summed E-state index contributed by atoms with van der Waals surface area (Å²) >= 11 is 0. The standard InChI is InChI=1S/C11H8F3N3/c12-6-3-8(13)11(14)9(4-6)17-7-1-2-10(15)16-5-7/h1-5,17H,(H2,15,16). The monoisotopic (exact) mass is 239 g/mol. The van der Waals surface area contributed by atoms with Crippen LogP contribution in [0.1, 0.15) is 0 Å². The first-order chi connectivity index (χ1) is 8.06. The third-order valence-corrected chi connectivity index (χ3v) is 2.06. The van der Waals surface area contributed by atoms with Gasteiger partial charge in [0.2, 0.25) is 0 Å². The van der Waals surface area contributed by atoms with Crippen LogP contribution in [0, 0.1) is 17.5 Å². The van der Waals surface area contributed by atoms with E-state index in [0.29, 0.717) is 17.6 Å². The second-order valence-corrected chi connectivity index (χ2v) is 3.35. The van der Waals surface area contributed by atoms with E-state index >= 15 is 0 Å². The predicted molar refractivity (Wildman–Crippen MR) is 58.2 cm³/mol. The maximum Gasteiger partial charge on any atom is 0.182 e. The number of hydrogen-bond acceptors (Lipinski definition) is 3. The largest absolute Gasteiger partial charge is 0.384 e. The molecular formula is C11H8F3N3. The number of aromatic nitrogens is 1. The zero-order chi connectivity index (χ0) is 12.4. The number of anilines is 3. The van der Waals surface area contributed by atoms with Gasteiger partial charge in [-0.1, -0.05) is 0 Å². The van der Waals surface area contributed by atoms with E-state index in [2.05, 4.69) is 10.3 Å². The van der Waals surface area contributed by atoms with E-state index in [9.17, 15) is 13.2 Å². The number of nitrogens with two attached hydrogens (primary N) is 1. The van der Waals surface area contributed by atoms with Crippen molar-refractivity contribution in [2.45, 2.75) is 0 Å². The lowest BCUT2D eigenvalue weighted by atomic mass is 10.2. The van der Waals surface area contributed by atoms with Crippen LogP contribution in [0.5, 0.6) is 0 Å². The third-order valence-electron chi connectivity index (χ3n) is 2.06. The molecule has 0 atom stereocenters. The molecule has 1 heterocycles. The lowest BCUT2D eigenvalue weighted by Gasteiger charge is -2.08. The maximum absolute atomic E-state index is 13.3. The van der Waals surface area contributed by atoms with Crippen molar-refractivity contribution in [1.29, 1.82) is 0 Å². The SMILES string of the molecule is Nc1ccc(Nc2cc(F)cc(F)c2F)cn1. The Morgan fingerprint density at radius 3 is 2.53 bits per heavy atom. The Balaban J connectivity index is 2.32. The summed E-state index contributed by atoms with van der Waals surface area (Å²) in [6.07, 6.45) is 1.33. The molecule has 88 valence electrons. The van der Waals surface area contributed by atoms with Crippen LogP contribution in [0.2, 0.25) is 0 Å². The summed E-state index contributed by atoms with van der Waals surface area (Å²) in [5, 5.41) is 2.51. The summed E-state index contributed by atoms with van der Waals surface area (Å²) in [6, 6.07) is 4.33. The fraction of sp³-hybridized carbons (Fsp3) is 0. The highest BCUT2D eigenvalue weighted by molar-refractivity contribution is 5.60. The lowest BCUT2D eigenvalue weighted by Crippen LogP contribution is -1.99. The van der Waals surface area contributed by atoms with E-state index in [1.165, 1.54) is 18.3 Å². The molecule has 0 bridgehead atoms. The summed E-state index contributed by atoms with van der Waals surface area (Å²) in [7, 11) is 0. The van der Waals surface area contributed by atoms with Gasteiger partial charge in [0.25, 0.3) is 0 Å². The van der Waals surface area contributed by atoms with E-state index in [-0.39, 0.29) is 5.69 Å². The number of pyridine rings is 1. The van der Waals surface area contributed by atoms with Gasteiger partial charge in [0.1, 0.15) is 11.6 Å². The fourth-order valence-corrected chi connectivity index (χ4v) is 1.28. The Labute approximate surface area is 95.1 Å². The Hall–Kier alpha value is -2.24. The number of nitrogens with zero attached hydrogens (tertiary/aromatic N) is 1. The molecule has 0 fully saturated rings. The normalized spacial score (nSPS) is 10.3. The molecule has 0 unspecified atom stereocenters. The summed E-state index contributed by atoms with van der Waals surface area (Å²) in [4.78, 5) is 3.76. The molecule has 0 saturated heterocycles. The molecule has 1 aromatic carbocycles. The quantitative estimate of drug-likeness (QED) is 0.792. The third kappa shape index (κ3) is 2.47. The molecule has 1 aromatic heterocycles. The van der Waals surface area contributed by atoms with Gasteiger partial charge in [-0.3, -0.25) is 0 Å². The van der Waals surface area contributed by atoms with Crippen molar-refractivity contribution in [2.24, 2.45) is 0 Å². The Morgan fingerprint density at radius 2 is 1.88 bits per heavy atom. The van der Waals surface area contributed by atoms with Gasteiger partial charge >= 0.3 is 0 Å². The van der Waals surface area contributed by atoms with E-state index in [4.69, 9.17) is 5.73 Å². The molecule has 0 amide bonds. The Morgan fingerprint density at radius 1 is 1.12 bits per heavy atom. The van der Waals surface area contributed by atoms with Crippen molar-refractivity contribution < 1.29 is 13.2 Å². The highest BCUT2D eigenvalue weighted by Gasteiger charge is 2.11. The van der Waals surface area contributed by atoms with Crippen LogP contribution in [-0.2, 0) is 0 Å². The zero-order valence-corrected chi connectivity index (χ0v) is 8.55. The predicted octanol–water partition coefficient (Wildman–Crippen LogP) is 2.82. The van der Waals surface area contributed by atoms with Gasteiger partial charge in [0.15, 0.2) is 11.6 Å².